The van der Waals surface area contributed by atoms with Crippen LogP contribution >= 0.6 is 11.8 Å². The Balaban J connectivity index is 1.50. The Kier molecular flexibility index (Phi) is 6.75. The van der Waals surface area contributed by atoms with E-state index in [0.717, 1.165) is 0 Å². The van der Waals surface area contributed by atoms with E-state index in [9.17, 15) is 14.0 Å². The Morgan fingerprint density at radius 3 is 2.41 bits per heavy atom. The molecule has 29 heavy (non-hydrogen) atoms. The van der Waals surface area contributed by atoms with Crippen LogP contribution in [0, 0.1) is 5.82 Å². The summed E-state index contributed by atoms with van der Waals surface area (Å²) in [6.45, 7) is 0. The lowest BCUT2D eigenvalue weighted by Gasteiger charge is -2.07. The SMILES string of the molecule is COc1ccc(NC(=O)CSc2ccc(NC(=O)c3ccccc3F)nn2)cc1. The van der Waals surface area contributed by atoms with Crippen LogP contribution in [0.25, 0.3) is 0 Å². The quantitative estimate of drug-likeness (QED) is 0.576. The Labute approximate surface area is 170 Å². The molecule has 0 fully saturated rings. The van der Waals surface area contributed by atoms with E-state index in [-0.39, 0.29) is 23.0 Å². The second-order valence-electron chi connectivity index (χ2n) is 5.76. The highest BCUT2D eigenvalue weighted by atomic mass is 32.2. The van der Waals surface area contributed by atoms with Crippen molar-refractivity contribution in [2.75, 3.05) is 23.5 Å². The second kappa shape index (κ2) is 9.65. The number of anilines is 2. The van der Waals surface area contributed by atoms with Crippen LogP contribution in [-0.4, -0.2) is 34.9 Å². The fourth-order valence-electron chi connectivity index (χ4n) is 2.30. The number of halogens is 1. The molecule has 0 unspecified atom stereocenters. The van der Waals surface area contributed by atoms with Gasteiger partial charge in [-0.25, -0.2) is 4.39 Å². The van der Waals surface area contributed by atoms with Crippen molar-refractivity contribution in [1.29, 1.82) is 0 Å². The fourth-order valence-corrected chi connectivity index (χ4v) is 2.92. The molecule has 0 aliphatic carbocycles. The molecule has 0 saturated carbocycles. The second-order valence-corrected chi connectivity index (χ2v) is 6.75. The molecule has 0 spiro atoms. The van der Waals surface area contributed by atoms with E-state index in [2.05, 4.69) is 20.8 Å². The molecular formula is C20H17FN4O3S. The van der Waals surface area contributed by atoms with Crippen LogP contribution < -0.4 is 15.4 Å². The molecule has 148 valence electrons. The molecular weight excluding hydrogens is 395 g/mol. The summed E-state index contributed by atoms with van der Waals surface area (Å²) in [5, 5.41) is 13.6. The Bertz CT molecular complexity index is 997. The van der Waals surface area contributed by atoms with Gasteiger partial charge in [0.2, 0.25) is 5.91 Å². The first-order valence-electron chi connectivity index (χ1n) is 8.51. The minimum atomic E-state index is -0.618. The van der Waals surface area contributed by atoms with Crippen molar-refractivity contribution in [2.24, 2.45) is 0 Å². The number of thioether (sulfide) groups is 1. The number of aromatic nitrogens is 2. The van der Waals surface area contributed by atoms with Crippen LogP contribution in [0.5, 0.6) is 5.75 Å². The van der Waals surface area contributed by atoms with Crippen LogP contribution in [0.1, 0.15) is 10.4 Å². The molecule has 1 aromatic heterocycles. The maximum Gasteiger partial charge on any atom is 0.259 e. The summed E-state index contributed by atoms with van der Waals surface area (Å²) in [5.74, 6) is -0.398. The van der Waals surface area contributed by atoms with Gasteiger partial charge in [-0.15, -0.1) is 10.2 Å². The lowest BCUT2D eigenvalue weighted by Crippen LogP contribution is -2.15. The van der Waals surface area contributed by atoms with Gasteiger partial charge in [0.25, 0.3) is 5.91 Å². The van der Waals surface area contributed by atoms with Crippen molar-refractivity contribution in [3.8, 4) is 5.75 Å². The molecule has 9 heteroatoms. The summed E-state index contributed by atoms with van der Waals surface area (Å²) in [6, 6.07) is 15.8. The smallest absolute Gasteiger partial charge is 0.259 e. The molecule has 7 nitrogen and oxygen atoms in total. The highest BCUT2D eigenvalue weighted by molar-refractivity contribution is 7.99. The topological polar surface area (TPSA) is 93.2 Å². The van der Waals surface area contributed by atoms with Crippen molar-refractivity contribution in [3.05, 3.63) is 72.0 Å². The average Bonchev–Trinajstić information content (AvgIpc) is 2.74. The predicted octanol–water partition coefficient (Wildman–Crippen LogP) is 3.61. The highest BCUT2D eigenvalue weighted by Crippen LogP contribution is 2.18. The van der Waals surface area contributed by atoms with Gasteiger partial charge in [0.05, 0.1) is 18.4 Å². The first kappa shape index (κ1) is 20.3. The molecule has 3 aromatic rings. The standard InChI is InChI=1S/C20H17FN4O3S/c1-28-14-8-6-13(7-9-14)22-18(26)12-29-19-11-10-17(24-25-19)23-20(27)15-4-2-3-5-16(15)21/h2-11H,12H2,1H3,(H,22,26)(H,23,24,27). The van der Waals surface area contributed by atoms with E-state index in [0.29, 0.717) is 16.5 Å². The molecule has 2 N–H and O–H groups in total. The summed E-state index contributed by atoms with van der Waals surface area (Å²) in [7, 11) is 1.57. The van der Waals surface area contributed by atoms with Gasteiger partial charge in [-0.05, 0) is 48.5 Å². The predicted molar refractivity (Wildman–Crippen MR) is 109 cm³/mol. The van der Waals surface area contributed by atoms with E-state index >= 15 is 0 Å². The van der Waals surface area contributed by atoms with Gasteiger partial charge in [0.15, 0.2) is 5.82 Å². The van der Waals surface area contributed by atoms with Gasteiger partial charge < -0.3 is 15.4 Å². The van der Waals surface area contributed by atoms with Crippen LogP contribution in [0.4, 0.5) is 15.9 Å². The number of rotatable bonds is 7. The van der Waals surface area contributed by atoms with Crippen LogP contribution in [0.15, 0.2) is 65.7 Å². The molecule has 0 aliphatic rings. The van der Waals surface area contributed by atoms with Gasteiger partial charge in [-0.2, -0.15) is 0 Å². The summed E-state index contributed by atoms with van der Waals surface area (Å²) in [6.07, 6.45) is 0. The number of benzene rings is 2. The van der Waals surface area contributed by atoms with Gasteiger partial charge in [-0.1, -0.05) is 23.9 Å². The van der Waals surface area contributed by atoms with Crippen molar-refractivity contribution >= 4 is 35.1 Å². The fraction of sp³-hybridized carbons (Fsp3) is 0.100. The van der Waals surface area contributed by atoms with Crippen LogP contribution in [0.3, 0.4) is 0 Å². The molecule has 0 saturated heterocycles. The van der Waals surface area contributed by atoms with E-state index in [1.807, 2.05) is 0 Å². The monoisotopic (exact) mass is 412 g/mol. The Hall–Kier alpha value is -3.46. The number of ether oxygens (including phenoxy) is 1. The highest BCUT2D eigenvalue weighted by Gasteiger charge is 2.12. The normalized spacial score (nSPS) is 10.3. The van der Waals surface area contributed by atoms with Crippen molar-refractivity contribution < 1.29 is 18.7 Å². The largest absolute Gasteiger partial charge is 0.497 e. The summed E-state index contributed by atoms with van der Waals surface area (Å²) < 4.78 is 18.7. The third kappa shape index (κ3) is 5.76. The first-order chi connectivity index (χ1) is 14.0. The minimum absolute atomic E-state index is 0.0806. The Morgan fingerprint density at radius 1 is 1.00 bits per heavy atom. The number of carbonyl (C=O) groups excluding carboxylic acids is 2. The molecule has 0 aliphatic heterocycles. The number of methoxy groups -OCH3 is 1. The summed E-state index contributed by atoms with van der Waals surface area (Å²) >= 11 is 1.20. The number of amides is 2. The zero-order chi connectivity index (χ0) is 20.6. The van der Waals surface area contributed by atoms with Crippen LogP contribution in [-0.2, 0) is 4.79 Å². The lowest BCUT2D eigenvalue weighted by molar-refractivity contribution is -0.113. The molecule has 0 atom stereocenters. The van der Waals surface area contributed by atoms with Crippen molar-refractivity contribution in [3.63, 3.8) is 0 Å². The molecule has 2 amide bonds. The maximum atomic E-state index is 13.6. The molecule has 3 rings (SSSR count). The minimum Gasteiger partial charge on any atom is -0.497 e. The van der Waals surface area contributed by atoms with Gasteiger partial charge in [-0.3, -0.25) is 9.59 Å². The molecule has 0 radical (unpaired) electrons. The summed E-state index contributed by atoms with van der Waals surface area (Å²) in [5.41, 5.74) is 0.580. The molecule has 2 aromatic carbocycles. The van der Waals surface area contributed by atoms with E-state index in [4.69, 9.17) is 4.74 Å². The third-order valence-electron chi connectivity index (χ3n) is 3.73. The number of carbonyl (C=O) groups is 2. The third-order valence-corrected chi connectivity index (χ3v) is 4.65. The van der Waals surface area contributed by atoms with Crippen LogP contribution in [0.2, 0.25) is 0 Å². The van der Waals surface area contributed by atoms with Gasteiger partial charge in [0.1, 0.15) is 16.6 Å². The lowest BCUT2D eigenvalue weighted by atomic mass is 10.2. The molecule has 1 heterocycles. The van der Waals surface area contributed by atoms with Gasteiger partial charge >= 0.3 is 0 Å². The summed E-state index contributed by atoms with van der Waals surface area (Å²) in [4.78, 5) is 24.1. The number of nitrogens with zero attached hydrogens (tertiary/aromatic N) is 2. The number of hydrogen-bond acceptors (Lipinski definition) is 6. The van der Waals surface area contributed by atoms with Gasteiger partial charge in [0, 0.05) is 5.69 Å². The Morgan fingerprint density at radius 2 is 1.76 bits per heavy atom. The zero-order valence-electron chi connectivity index (χ0n) is 15.4. The average molecular weight is 412 g/mol. The zero-order valence-corrected chi connectivity index (χ0v) is 16.2. The van der Waals surface area contributed by atoms with Crippen molar-refractivity contribution in [1.82, 2.24) is 10.2 Å². The number of hydrogen-bond donors (Lipinski definition) is 2. The van der Waals surface area contributed by atoms with E-state index in [1.165, 1.54) is 36.0 Å². The first-order valence-corrected chi connectivity index (χ1v) is 9.50. The van der Waals surface area contributed by atoms with Crippen molar-refractivity contribution in [2.45, 2.75) is 5.03 Å². The number of nitrogens with one attached hydrogen (secondary N) is 2. The maximum absolute atomic E-state index is 13.6. The van der Waals surface area contributed by atoms with E-state index < -0.39 is 11.7 Å². The molecule has 0 bridgehead atoms. The van der Waals surface area contributed by atoms with E-state index in [1.54, 1.807) is 43.5 Å².